The van der Waals surface area contributed by atoms with Crippen LogP contribution in [0.5, 0.6) is 0 Å². The lowest BCUT2D eigenvalue weighted by molar-refractivity contribution is -0.121. The fourth-order valence-corrected chi connectivity index (χ4v) is 4.10. The number of para-hydroxylation sites is 1. The van der Waals surface area contributed by atoms with Crippen molar-refractivity contribution in [2.75, 3.05) is 5.75 Å². The van der Waals surface area contributed by atoms with Gasteiger partial charge in [-0.25, -0.2) is 4.98 Å². The van der Waals surface area contributed by atoms with Crippen molar-refractivity contribution in [2.24, 2.45) is 0 Å². The lowest BCUT2D eigenvalue weighted by atomic mass is 9.95. The monoisotopic (exact) mass is 426 g/mol. The Hall–Kier alpha value is -2.87. The highest BCUT2D eigenvalue weighted by Crippen LogP contribution is 2.18. The molecule has 0 aliphatic heterocycles. The van der Waals surface area contributed by atoms with Crippen LogP contribution in [-0.2, 0) is 4.79 Å². The molecule has 0 atom stereocenters. The predicted octanol–water partition coefficient (Wildman–Crippen LogP) is 3.23. The highest BCUT2D eigenvalue weighted by molar-refractivity contribution is 7.99. The van der Waals surface area contributed by atoms with Gasteiger partial charge in [-0.15, -0.1) is 0 Å². The molecule has 1 saturated carbocycles. The van der Waals surface area contributed by atoms with Crippen molar-refractivity contribution >= 4 is 28.6 Å². The molecule has 0 spiro atoms. The summed E-state index contributed by atoms with van der Waals surface area (Å²) in [6.45, 7) is 0. The lowest BCUT2D eigenvalue weighted by Gasteiger charge is -2.22. The molecule has 1 aromatic carbocycles. The van der Waals surface area contributed by atoms with Gasteiger partial charge in [0.2, 0.25) is 5.91 Å². The summed E-state index contributed by atoms with van der Waals surface area (Å²) in [4.78, 5) is 44.1. The summed E-state index contributed by atoms with van der Waals surface area (Å²) in [7, 11) is 0. The normalized spacial score (nSPS) is 14.0. The second kappa shape index (κ2) is 11.3. The number of carbonyl (C=O) groups is 1. The number of nitrogens with one attached hydrogen (secondary N) is 3. The topological polar surface area (TPSA) is 108 Å². The average Bonchev–Trinajstić information content (AvgIpc) is 2.75. The summed E-state index contributed by atoms with van der Waals surface area (Å²) < 4.78 is 0. The zero-order valence-electron chi connectivity index (χ0n) is 16.7. The molecule has 8 heteroatoms. The Kier molecular flexibility index (Phi) is 8.26. The lowest BCUT2D eigenvalue weighted by Crippen LogP contribution is -2.36. The van der Waals surface area contributed by atoms with Crippen LogP contribution in [0.25, 0.3) is 10.9 Å². The minimum atomic E-state index is -0.134. The van der Waals surface area contributed by atoms with Gasteiger partial charge in [-0.05, 0) is 25.0 Å². The summed E-state index contributed by atoms with van der Waals surface area (Å²) in [6.07, 6.45) is 9.53. The molecular formula is C22H26N4O3S. The summed E-state index contributed by atoms with van der Waals surface area (Å²) >= 11 is 1.41. The number of nitrogens with zero attached hydrogens (tertiary/aromatic N) is 1. The molecule has 0 bridgehead atoms. The smallest absolute Gasteiger partial charge is 0.259 e. The number of hydrogen-bond donors (Lipinski definition) is 3. The van der Waals surface area contributed by atoms with Crippen LogP contribution < -0.4 is 16.3 Å². The van der Waals surface area contributed by atoms with Gasteiger partial charge in [-0.2, -0.15) is 0 Å². The molecule has 0 saturated heterocycles. The standard InChI is InChI=1S/C17H21N3O2S.C5H5NO/c21-15(18-12-6-2-1-3-7-12)10-11-23-17-19-14-9-5-4-8-13(14)16(22)20-17;7-5-1-3-6-4-2-5/h4-5,8-9,12H,1-3,6-7,10-11H2,(H,18,21)(H,19,20,22);1-4H,(H,6,7). The molecule has 7 nitrogen and oxygen atoms in total. The molecule has 1 amide bonds. The van der Waals surface area contributed by atoms with Gasteiger partial charge in [0.15, 0.2) is 10.6 Å². The molecule has 158 valence electrons. The van der Waals surface area contributed by atoms with Crippen LogP contribution in [-0.4, -0.2) is 32.7 Å². The molecule has 3 aromatic rings. The van der Waals surface area contributed by atoms with Crippen LogP contribution in [0.3, 0.4) is 0 Å². The third-order valence-corrected chi connectivity index (χ3v) is 5.69. The Labute approximate surface area is 178 Å². The zero-order chi connectivity index (χ0) is 21.2. The quantitative estimate of drug-likeness (QED) is 0.429. The van der Waals surface area contributed by atoms with Gasteiger partial charge in [-0.1, -0.05) is 43.2 Å². The van der Waals surface area contributed by atoms with Crippen molar-refractivity contribution in [1.82, 2.24) is 20.3 Å². The van der Waals surface area contributed by atoms with Crippen LogP contribution in [0.15, 0.2) is 63.5 Å². The first-order valence-electron chi connectivity index (χ1n) is 10.2. The molecule has 1 fully saturated rings. The Morgan fingerprint density at radius 2 is 1.80 bits per heavy atom. The van der Waals surface area contributed by atoms with Crippen LogP contribution in [0, 0.1) is 0 Å². The van der Waals surface area contributed by atoms with Crippen molar-refractivity contribution in [2.45, 2.75) is 49.7 Å². The van der Waals surface area contributed by atoms with E-state index in [4.69, 9.17) is 0 Å². The predicted molar refractivity (Wildman–Crippen MR) is 120 cm³/mol. The van der Waals surface area contributed by atoms with Gasteiger partial charge in [0, 0.05) is 42.7 Å². The number of rotatable bonds is 5. The van der Waals surface area contributed by atoms with Crippen molar-refractivity contribution < 1.29 is 4.79 Å². The second-order valence-corrected chi connectivity index (χ2v) is 8.21. The number of H-pyrrole nitrogens is 2. The van der Waals surface area contributed by atoms with Gasteiger partial charge in [0.25, 0.3) is 5.56 Å². The zero-order valence-corrected chi connectivity index (χ0v) is 17.5. The third-order valence-electron chi connectivity index (χ3n) is 4.82. The fourth-order valence-electron chi connectivity index (χ4n) is 3.29. The van der Waals surface area contributed by atoms with E-state index in [9.17, 15) is 14.4 Å². The molecule has 3 N–H and O–H groups in total. The van der Waals surface area contributed by atoms with E-state index in [1.807, 2.05) is 18.2 Å². The molecule has 1 aliphatic rings. The van der Waals surface area contributed by atoms with Crippen molar-refractivity contribution in [1.29, 1.82) is 0 Å². The number of aromatic nitrogens is 3. The number of amides is 1. The number of benzene rings is 1. The first-order chi connectivity index (χ1) is 14.6. The summed E-state index contributed by atoms with van der Waals surface area (Å²) in [6, 6.07) is 10.6. The van der Waals surface area contributed by atoms with E-state index < -0.39 is 0 Å². The Morgan fingerprint density at radius 3 is 2.50 bits per heavy atom. The van der Waals surface area contributed by atoms with Crippen LogP contribution in [0.4, 0.5) is 0 Å². The maximum atomic E-state index is 12.0. The number of fused-ring (bicyclic) bond motifs is 1. The van der Waals surface area contributed by atoms with E-state index in [0.717, 1.165) is 12.8 Å². The van der Waals surface area contributed by atoms with E-state index >= 15 is 0 Å². The molecule has 2 aromatic heterocycles. The van der Waals surface area contributed by atoms with E-state index in [-0.39, 0.29) is 16.9 Å². The van der Waals surface area contributed by atoms with Crippen LogP contribution in [0.1, 0.15) is 38.5 Å². The molecule has 2 heterocycles. The van der Waals surface area contributed by atoms with Gasteiger partial charge < -0.3 is 15.3 Å². The van der Waals surface area contributed by atoms with Crippen molar-refractivity contribution in [3.63, 3.8) is 0 Å². The molecular weight excluding hydrogens is 400 g/mol. The average molecular weight is 427 g/mol. The number of aromatic amines is 2. The first-order valence-corrected chi connectivity index (χ1v) is 11.1. The number of thioether (sulfide) groups is 1. The van der Waals surface area contributed by atoms with Gasteiger partial charge >= 0.3 is 0 Å². The van der Waals surface area contributed by atoms with Crippen LogP contribution in [0.2, 0.25) is 0 Å². The number of carbonyl (C=O) groups excluding carboxylic acids is 1. The minimum Gasteiger partial charge on any atom is -0.367 e. The van der Waals surface area contributed by atoms with E-state index in [1.165, 1.54) is 43.2 Å². The summed E-state index contributed by atoms with van der Waals surface area (Å²) in [5.41, 5.74) is 0.592. The fraction of sp³-hybridized carbons (Fsp3) is 0.364. The SMILES string of the molecule is O=C(CCSc1nc2ccccc2c(=O)[nH]1)NC1CCCCC1.O=c1cc[nH]cc1. The van der Waals surface area contributed by atoms with Gasteiger partial charge in [0.05, 0.1) is 10.9 Å². The van der Waals surface area contributed by atoms with Gasteiger partial charge in [0.1, 0.15) is 0 Å². The Bertz CT molecular complexity index is 1060. The molecule has 0 radical (unpaired) electrons. The Morgan fingerprint density at radius 1 is 1.07 bits per heavy atom. The number of pyridine rings is 1. The highest BCUT2D eigenvalue weighted by Gasteiger charge is 2.15. The van der Waals surface area contributed by atoms with Crippen LogP contribution >= 0.6 is 11.8 Å². The minimum absolute atomic E-state index is 0.0405. The number of hydrogen-bond acceptors (Lipinski definition) is 5. The molecule has 4 rings (SSSR count). The van der Waals surface area contributed by atoms with E-state index in [2.05, 4.69) is 20.3 Å². The Balaban J connectivity index is 0.000000310. The summed E-state index contributed by atoms with van der Waals surface area (Å²) in [5.74, 6) is 0.701. The summed E-state index contributed by atoms with van der Waals surface area (Å²) in [5, 5.41) is 4.26. The third kappa shape index (κ3) is 6.88. The molecule has 0 unspecified atom stereocenters. The van der Waals surface area contributed by atoms with Gasteiger partial charge in [-0.3, -0.25) is 14.4 Å². The van der Waals surface area contributed by atoms with E-state index in [0.29, 0.717) is 34.3 Å². The van der Waals surface area contributed by atoms with E-state index in [1.54, 1.807) is 18.5 Å². The van der Waals surface area contributed by atoms with Crippen molar-refractivity contribution in [3.05, 3.63) is 69.4 Å². The highest BCUT2D eigenvalue weighted by atomic mass is 32.2. The second-order valence-electron chi connectivity index (χ2n) is 7.12. The maximum absolute atomic E-state index is 12.0. The van der Waals surface area contributed by atoms with Crippen molar-refractivity contribution in [3.8, 4) is 0 Å². The first kappa shape index (κ1) is 21.8. The molecule has 1 aliphatic carbocycles. The maximum Gasteiger partial charge on any atom is 0.259 e. The molecule has 30 heavy (non-hydrogen) atoms. The largest absolute Gasteiger partial charge is 0.367 e.